The Labute approximate surface area is 79.3 Å². The number of ether oxygens (including phenoxy) is 1. The summed E-state index contributed by atoms with van der Waals surface area (Å²) in [7, 11) is 1.49. The van der Waals surface area contributed by atoms with Gasteiger partial charge in [0, 0.05) is 0 Å². The van der Waals surface area contributed by atoms with Gasteiger partial charge in [-0.3, -0.25) is 5.10 Å². The van der Waals surface area contributed by atoms with Crippen molar-refractivity contribution in [2.24, 2.45) is 0 Å². The molecule has 0 aliphatic rings. The number of nitrogens with zero attached hydrogens (tertiary/aromatic N) is 1. The lowest BCUT2D eigenvalue weighted by atomic mass is 10.1. The molecule has 0 saturated heterocycles. The van der Waals surface area contributed by atoms with E-state index in [0.717, 1.165) is 5.39 Å². The quantitative estimate of drug-likeness (QED) is 0.751. The van der Waals surface area contributed by atoms with E-state index < -0.39 is 5.97 Å². The SMILES string of the molecule is COc1cc(C(=O)O)cc2[nH]ncc12. The van der Waals surface area contributed by atoms with Gasteiger partial charge in [-0.05, 0) is 12.1 Å². The number of H-pyrrole nitrogens is 1. The summed E-state index contributed by atoms with van der Waals surface area (Å²) >= 11 is 0. The highest BCUT2D eigenvalue weighted by molar-refractivity contribution is 5.95. The third-order valence-electron chi connectivity index (χ3n) is 1.99. The van der Waals surface area contributed by atoms with Crippen molar-refractivity contribution in [1.29, 1.82) is 0 Å². The highest BCUT2D eigenvalue weighted by atomic mass is 16.5. The van der Waals surface area contributed by atoms with E-state index in [-0.39, 0.29) is 5.56 Å². The molecule has 0 unspecified atom stereocenters. The van der Waals surface area contributed by atoms with Crippen molar-refractivity contribution >= 4 is 16.9 Å². The normalized spacial score (nSPS) is 10.4. The van der Waals surface area contributed by atoms with Gasteiger partial charge in [-0.25, -0.2) is 4.79 Å². The third-order valence-corrected chi connectivity index (χ3v) is 1.99. The number of methoxy groups -OCH3 is 1. The molecule has 0 aliphatic carbocycles. The van der Waals surface area contributed by atoms with Gasteiger partial charge in [0.15, 0.2) is 0 Å². The average Bonchev–Trinajstić information content (AvgIpc) is 2.63. The summed E-state index contributed by atoms with van der Waals surface area (Å²) in [6.45, 7) is 0. The Hall–Kier alpha value is -2.04. The van der Waals surface area contributed by atoms with E-state index >= 15 is 0 Å². The molecule has 2 aromatic rings. The molecule has 0 fully saturated rings. The number of nitrogens with one attached hydrogen (secondary N) is 1. The molecule has 72 valence electrons. The molecule has 0 amide bonds. The molecule has 0 saturated carbocycles. The molecular formula is C9H8N2O3. The summed E-state index contributed by atoms with van der Waals surface area (Å²) in [5.74, 6) is -0.478. The maximum absolute atomic E-state index is 10.7. The molecule has 2 N–H and O–H groups in total. The van der Waals surface area contributed by atoms with Crippen molar-refractivity contribution in [2.75, 3.05) is 7.11 Å². The van der Waals surface area contributed by atoms with Crippen molar-refractivity contribution in [2.45, 2.75) is 0 Å². The van der Waals surface area contributed by atoms with Crippen molar-refractivity contribution in [1.82, 2.24) is 10.2 Å². The highest BCUT2D eigenvalue weighted by Crippen LogP contribution is 2.25. The number of carboxylic acid groups (broad SMARTS) is 1. The highest BCUT2D eigenvalue weighted by Gasteiger charge is 2.10. The van der Waals surface area contributed by atoms with E-state index in [1.807, 2.05) is 0 Å². The van der Waals surface area contributed by atoms with Crippen LogP contribution >= 0.6 is 0 Å². The van der Waals surface area contributed by atoms with Crippen LogP contribution in [0.15, 0.2) is 18.3 Å². The summed E-state index contributed by atoms with van der Waals surface area (Å²) in [6, 6.07) is 2.99. The van der Waals surface area contributed by atoms with Gasteiger partial charge in [0.2, 0.25) is 0 Å². The van der Waals surface area contributed by atoms with E-state index in [0.29, 0.717) is 11.3 Å². The molecule has 2 rings (SSSR count). The van der Waals surface area contributed by atoms with Crippen LogP contribution in [0.2, 0.25) is 0 Å². The third kappa shape index (κ3) is 1.19. The molecular weight excluding hydrogens is 184 g/mol. The topological polar surface area (TPSA) is 75.2 Å². The number of hydrogen-bond acceptors (Lipinski definition) is 3. The molecule has 1 aromatic carbocycles. The van der Waals surface area contributed by atoms with Crippen molar-refractivity contribution < 1.29 is 14.6 Å². The molecule has 0 spiro atoms. The van der Waals surface area contributed by atoms with E-state index in [4.69, 9.17) is 9.84 Å². The van der Waals surface area contributed by atoms with Gasteiger partial charge < -0.3 is 9.84 Å². The molecule has 1 heterocycles. The first kappa shape index (κ1) is 8.55. The maximum atomic E-state index is 10.7. The monoisotopic (exact) mass is 192 g/mol. The zero-order valence-electron chi connectivity index (χ0n) is 7.44. The van der Waals surface area contributed by atoms with Gasteiger partial charge in [-0.15, -0.1) is 0 Å². The minimum Gasteiger partial charge on any atom is -0.496 e. The van der Waals surface area contributed by atoms with Crippen LogP contribution in [0.1, 0.15) is 10.4 Å². The largest absolute Gasteiger partial charge is 0.496 e. The van der Waals surface area contributed by atoms with E-state index in [9.17, 15) is 4.79 Å². The van der Waals surface area contributed by atoms with Crippen LogP contribution in [0.25, 0.3) is 10.9 Å². The molecule has 5 heteroatoms. The maximum Gasteiger partial charge on any atom is 0.335 e. The van der Waals surface area contributed by atoms with Gasteiger partial charge >= 0.3 is 5.97 Å². The predicted octanol–water partition coefficient (Wildman–Crippen LogP) is 1.27. The van der Waals surface area contributed by atoms with Crippen LogP contribution in [0.5, 0.6) is 5.75 Å². The Morgan fingerprint density at radius 3 is 3.00 bits per heavy atom. The number of aromatic amines is 1. The van der Waals surface area contributed by atoms with E-state index in [1.165, 1.54) is 19.2 Å². The van der Waals surface area contributed by atoms with Crippen LogP contribution in [0.3, 0.4) is 0 Å². The van der Waals surface area contributed by atoms with Crippen molar-refractivity contribution in [3.63, 3.8) is 0 Å². The van der Waals surface area contributed by atoms with Gasteiger partial charge in [-0.1, -0.05) is 0 Å². The Kier molecular flexibility index (Phi) is 1.85. The standard InChI is InChI=1S/C9H8N2O3/c1-14-8-3-5(9(12)13)2-7-6(8)4-10-11-7/h2-4H,1H3,(H,10,11)(H,12,13). The zero-order valence-corrected chi connectivity index (χ0v) is 7.44. The molecule has 0 bridgehead atoms. The molecule has 14 heavy (non-hydrogen) atoms. The first-order valence-electron chi connectivity index (χ1n) is 3.97. The summed E-state index contributed by atoms with van der Waals surface area (Å²) in [5.41, 5.74) is 0.834. The number of carbonyl (C=O) groups is 1. The Bertz CT molecular complexity index is 490. The summed E-state index contributed by atoms with van der Waals surface area (Å²) in [4.78, 5) is 10.7. The lowest BCUT2D eigenvalue weighted by Gasteiger charge is -2.02. The average molecular weight is 192 g/mol. The Morgan fingerprint density at radius 1 is 1.57 bits per heavy atom. The molecule has 1 aromatic heterocycles. The fourth-order valence-corrected chi connectivity index (χ4v) is 1.31. The van der Waals surface area contributed by atoms with Crippen LogP contribution in [-0.4, -0.2) is 28.4 Å². The first-order chi connectivity index (χ1) is 6.72. The second kappa shape index (κ2) is 3.02. The molecule has 0 aliphatic heterocycles. The molecule has 5 nitrogen and oxygen atoms in total. The van der Waals surface area contributed by atoms with E-state index in [1.54, 1.807) is 6.20 Å². The predicted molar refractivity (Wildman–Crippen MR) is 49.6 cm³/mol. The van der Waals surface area contributed by atoms with Gasteiger partial charge in [-0.2, -0.15) is 5.10 Å². The lowest BCUT2D eigenvalue weighted by Crippen LogP contribution is -1.97. The van der Waals surface area contributed by atoms with Crippen molar-refractivity contribution in [3.8, 4) is 5.75 Å². The number of benzene rings is 1. The first-order valence-corrected chi connectivity index (χ1v) is 3.97. The van der Waals surface area contributed by atoms with Crippen LogP contribution < -0.4 is 4.74 Å². The zero-order chi connectivity index (χ0) is 10.1. The lowest BCUT2D eigenvalue weighted by molar-refractivity contribution is 0.0696. The summed E-state index contributed by atoms with van der Waals surface area (Å²) in [6.07, 6.45) is 1.60. The number of aromatic nitrogens is 2. The number of carboxylic acids is 1. The smallest absolute Gasteiger partial charge is 0.335 e. The Morgan fingerprint density at radius 2 is 2.36 bits per heavy atom. The van der Waals surface area contributed by atoms with Gasteiger partial charge in [0.05, 0.1) is 29.8 Å². The molecule has 0 radical (unpaired) electrons. The summed E-state index contributed by atoms with van der Waals surface area (Å²) in [5, 5.41) is 16.1. The fourth-order valence-electron chi connectivity index (χ4n) is 1.31. The van der Waals surface area contributed by atoms with Crippen LogP contribution in [-0.2, 0) is 0 Å². The van der Waals surface area contributed by atoms with Crippen LogP contribution in [0.4, 0.5) is 0 Å². The van der Waals surface area contributed by atoms with Crippen LogP contribution in [0, 0.1) is 0 Å². The number of rotatable bonds is 2. The minimum absolute atomic E-state index is 0.179. The fraction of sp³-hybridized carbons (Fsp3) is 0.111. The van der Waals surface area contributed by atoms with E-state index in [2.05, 4.69) is 10.2 Å². The Balaban J connectivity index is 2.73. The second-order valence-corrected chi connectivity index (χ2v) is 2.81. The van der Waals surface area contributed by atoms with Gasteiger partial charge in [0.25, 0.3) is 0 Å². The number of fused-ring (bicyclic) bond motifs is 1. The van der Waals surface area contributed by atoms with Gasteiger partial charge in [0.1, 0.15) is 5.75 Å². The number of aromatic carboxylic acids is 1. The second-order valence-electron chi connectivity index (χ2n) is 2.81. The minimum atomic E-state index is -0.986. The molecule has 0 atom stereocenters. The van der Waals surface area contributed by atoms with Crippen molar-refractivity contribution in [3.05, 3.63) is 23.9 Å². The summed E-state index contributed by atoms with van der Waals surface area (Å²) < 4.78 is 5.05. The number of hydrogen-bond donors (Lipinski definition) is 2.